The van der Waals surface area contributed by atoms with E-state index in [9.17, 15) is 14.9 Å². The van der Waals surface area contributed by atoms with E-state index in [1.807, 2.05) is 120 Å². The van der Waals surface area contributed by atoms with Gasteiger partial charge in [-0.05, 0) is 115 Å². The molecule has 1 aliphatic carbocycles. The average molecular weight is 1110 g/mol. The highest BCUT2D eigenvalue weighted by Gasteiger charge is 2.45. The number of nitriles is 1. The first-order chi connectivity index (χ1) is 39.5. The number of imidazole rings is 1. The van der Waals surface area contributed by atoms with Crippen LogP contribution in [0, 0.1) is 11.3 Å². The lowest BCUT2D eigenvalue weighted by molar-refractivity contribution is -0.143. The predicted molar refractivity (Wildman–Crippen MR) is 310 cm³/mol. The molecule has 3 heterocycles. The number of nitrogens with one attached hydrogen (secondary N) is 1. The fourth-order valence-corrected chi connectivity index (χ4v) is 12.7. The second kappa shape index (κ2) is 25.7. The number of ether oxygens (including phenoxy) is 5. The molecule has 1 fully saturated rings. The van der Waals surface area contributed by atoms with E-state index in [0.29, 0.717) is 41.1 Å². The number of rotatable bonds is 24. The molecular formula is C64H66N7O9P. The van der Waals surface area contributed by atoms with Crippen molar-refractivity contribution in [1.82, 2.24) is 24.2 Å². The zero-order valence-corrected chi connectivity index (χ0v) is 47.2. The van der Waals surface area contributed by atoms with Gasteiger partial charge in [0.05, 0.1) is 52.4 Å². The number of carbonyl (C=O) groups excluding carboxylic acids is 2. The molecule has 0 saturated carbocycles. The summed E-state index contributed by atoms with van der Waals surface area (Å²) in [6.07, 6.45) is 2.27. The maximum Gasteiger partial charge on any atom is 0.306 e. The third kappa shape index (κ3) is 12.3. The lowest BCUT2D eigenvalue weighted by atomic mass is 9.80. The number of amides is 1. The Kier molecular flexibility index (Phi) is 17.9. The van der Waals surface area contributed by atoms with Gasteiger partial charge in [-0.1, -0.05) is 115 Å². The number of esters is 1. The molecule has 1 aliphatic heterocycles. The van der Waals surface area contributed by atoms with E-state index in [2.05, 4.69) is 78.0 Å². The highest BCUT2D eigenvalue weighted by Crippen LogP contribution is 2.51. The molecule has 8 aromatic rings. The van der Waals surface area contributed by atoms with Crippen LogP contribution in [0.5, 0.6) is 11.5 Å². The molecule has 81 heavy (non-hydrogen) atoms. The number of carbonyl (C=O) groups is 2. The molecule has 1 saturated heterocycles. The summed E-state index contributed by atoms with van der Waals surface area (Å²) < 4.78 is 49.1. The molecule has 2 aromatic heterocycles. The van der Waals surface area contributed by atoms with Crippen molar-refractivity contribution in [2.45, 2.75) is 95.4 Å². The van der Waals surface area contributed by atoms with Crippen molar-refractivity contribution >= 4 is 37.4 Å². The van der Waals surface area contributed by atoms with Crippen LogP contribution in [0.1, 0.15) is 103 Å². The molecule has 0 spiro atoms. The zero-order valence-electron chi connectivity index (χ0n) is 46.3. The fraction of sp³-hybridized carbons (Fsp3) is 0.312. The van der Waals surface area contributed by atoms with Crippen molar-refractivity contribution in [3.8, 4) is 28.7 Å². The highest BCUT2D eigenvalue weighted by atomic mass is 31.2. The summed E-state index contributed by atoms with van der Waals surface area (Å²) in [4.78, 5) is 40.8. The van der Waals surface area contributed by atoms with Gasteiger partial charge in [0.1, 0.15) is 42.4 Å². The van der Waals surface area contributed by atoms with E-state index in [1.54, 1.807) is 32.7 Å². The van der Waals surface area contributed by atoms with Crippen LogP contribution in [-0.4, -0.2) is 94.4 Å². The summed E-state index contributed by atoms with van der Waals surface area (Å²) in [6, 6.07) is 51.7. The van der Waals surface area contributed by atoms with E-state index in [-0.39, 0.29) is 62.5 Å². The van der Waals surface area contributed by atoms with Gasteiger partial charge in [0.2, 0.25) is 0 Å². The third-order valence-corrected chi connectivity index (χ3v) is 17.0. The predicted octanol–water partition coefficient (Wildman–Crippen LogP) is 12.3. The summed E-state index contributed by atoms with van der Waals surface area (Å²) in [5.41, 5.74) is 8.20. The first-order valence-corrected chi connectivity index (χ1v) is 28.4. The number of hydrogen-bond donors (Lipinski definition) is 1. The van der Waals surface area contributed by atoms with E-state index in [0.717, 1.165) is 22.3 Å². The average Bonchev–Trinajstić information content (AvgIpc) is 4.30. The number of nitrogens with zero attached hydrogens (tertiary/aromatic N) is 6. The standard InChI is InChI=1S/C64H66N7O9P/c1-42(2)71(43(3)4)81(78-36-14-35-65)80-56-37-58(79-57(56)39-77-64(46-15-8-7-9-16-46,47-26-30-49(74-5)31-27-47)48-28-32-50(75-6)33-29-48)70-41-68-60-61(66-40-67-62(60)70)69-63(73)45-24-21-44(22-25-45)23-34-59(72)76-38-55-53-19-12-10-17-51(53)52-18-11-13-20-54(52)55/h7-13,15-22,24-33,40-43,55-58H,14,23,34,36-39H2,1-6H3,(H,66,67,69,73)/t56-,57-,58-,81?/m1/s1. The zero-order chi connectivity index (χ0) is 56.5. The van der Waals surface area contributed by atoms with Crippen LogP contribution in [0.2, 0.25) is 0 Å². The molecule has 1 unspecified atom stereocenters. The maximum atomic E-state index is 13.9. The van der Waals surface area contributed by atoms with Gasteiger partial charge in [0.25, 0.3) is 14.4 Å². The minimum Gasteiger partial charge on any atom is -0.497 e. The first-order valence-electron chi connectivity index (χ1n) is 27.3. The van der Waals surface area contributed by atoms with Crippen molar-refractivity contribution in [1.29, 1.82) is 5.26 Å². The SMILES string of the molecule is COc1ccc(C(OC[C@H]2O[C@@H](n3cnc4c(NC(=O)c5ccc(CCC(=O)OCC6c7ccccc7-c7ccccc76)cc5)ncnc43)C[C@H]2OP(OCCC#N)N(C(C)C)C(C)C)(c2ccccc2)c2ccc(OC)cc2)cc1. The monoisotopic (exact) mass is 1110 g/mol. The van der Waals surface area contributed by atoms with Gasteiger partial charge >= 0.3 is 5.97 Å². The third-order valence-electron chi connectivity index (χ3n) is 14.8. The van der Waals surface area contributed by atoms with Gasteiger partial charge < -0.3 is 38.0 Å². The summed E-state index contributed by atoms with van der Waals surface area (Å²) in [7, 11) is 1.57. The van der Waals surface area contributed by atoms with E-state index in [1.165, 1.54) is 28.6 Å². The quantitative estimate of drug-likeness (QED) is 0.0261. The second-order valence-corrected chi connectivity index (χ2v) is 21.9. The molecular weight excluding hydrogens is 1040 g/mol. The molecule has 1 N–H and O–H groups in total. The van der Waals surface area contributed by atoms with Crippen molar-refractivity contribution in [2.24, 2.45) is 0 Å². The van der Waals surface area contributed by atoms with Crippen LogP contribution in [-0.2, 0) is 40.1 Å². The number of aromatic nitrogens is 4. The molecule has 6 aromatic carbocycles. The Hall–Kier alpha value is -7.87. The molecule has 0 radical (unpaired) electrons. The van der Waals surface area contributed by atoms with Gasteiger partial charge in [0, 0.05) is 36.4 Å². The number of anilines is 1. The maximum absolute atomic E-state index is 13.9. The Morgan fingerprint density at radius 3 is 1.98 bits per heavy atom. The number of fused-ring (bicyclic) bond motifs is 4. The molecule has 10 rings (SSSR count). The van der Waals surface area contributed by atoms with Crippen molar-refractivity contribution in [2.75, 3.05) is 39.4 Å². The molecule has 416 valence electrons. The Labute approximate surface area is 473 Å². The number of hydrogen-bond acceptors (Lipinski definition) is 14. The molecule has 16 nitrogen and oxygen atoms in total. The van der Waals surface area contributed by atoms with Crippen molar-refractivity contribution in [3.05, 3.63) is 203 Å². The van der Waals surface area contributed by atoms with Crippen molar-refractivity contribution < 1.29 is 42.3 Å². The number of aryl methyl sites for hydroxylation is 1. The topological polar surface area (TPSA) is 181 Å². The lowest BCUT2D eigenvalue weighted by Gasteiger charge is -2.39. The van der Waals surface area contributed by atoms with Crippen LogP contribution in [0.4, 0.5) is 5.82 Å². The first kappa shape index (κ1) is 56.4. The van der Waals surface area contributed by atoms with Gasteiger partial charge in [-0.2, -0.15) is 5.26 Å². The summed E-state index contributed by atoms with van der Waals surface area (Å²) in [6.45, 7) is 8.89. The largest absolute Gasteiger partial charge is 0.497 e. The highest BCUT2D eigenvalue weighted by molar-refractivity contribution is 7.44. The number of methoxy groups -OCH3 is 2. The van der Waals surface area contributed by atoms with Crippen LogP contribution in [0.25, 0.3) is 22.3 Å². The lowest BCUT2D eigenvalue weighted by Crippen LogP contribution is -2.39. The normalized spacial score (nSPS) is 16.3. The van der Waals surface area contributed by atoms with Crippen LogP contribution in [0.15, 0.2) is 164 Å². The van der Waals surface area contributed by atoms with Crippen LogP contribution in [0.3, 0.4) is 0 Å². The van der Waals surface area contributed by atoms with E-state index >= 15 is 0 Å². The Balaban J connectivity index is 0.877. The van der Waals surface area contributed by atoms with Crippen LogP contribution < -0.4 is 14.8 Å². The minimum absolute atomic E-state index is 0.0120. The Morgan fingerprint density at radius 2 is 1.37 bits per heavy atom. The fourth-order valence-electron chi connectivity index (χ4n) is 10.9. The van der Waals surface area contributed by atoms with Gasteiger partial charge in [0.15, 0.2) is 17.0 Å². The van der Waals surface area contributed by atoms with Gasteiger partial charge in [-0.25, -0.2) is 19.6 Å². The summed E-state index contributed by atoms with van der Waals surface area (Å²) in [5.74, 6) is 0.933. The second-order valence-electron chi connectivity index (χ2n) is 20.5. The molecule has 17 heteroatoms. The van der Waals surface area contributed by atoms with Crippen molar-refractivity contribution in [3.63, 3.8) is 0 Å². The van der Waals surface area contributed by atoms with E-state index < -0.39 is 38.5 Å². The Morgan fingerprint density at radius 1 is 0.765 bits per heavy atom. The van der Waals surface area contributed by atoms with Gasteiger partial charge in [-0.15, -0.1) is 0 Å². The summed E-state index contributed by atoms with van der Waals surface area (Å²) >= 11 is 0. The molecule has 1 amide bonds. The van der Waals surface area contributed by atoms with Crippen LogP contribution >= 0.6 is 8.53 Å². The molecule has 2 aliphatic rings. The minimum atomic E-state index is -1.71. The van der Waals surface area contributed by atoms with Gasteiger partial charge in [-0.3, -0.25) is 14.2 Å². The Bertz CT molecular complexity index is 3360. The molecule has 0 bridgehead atoms. The summed E-state index contributed by atoms with van der Waals surface area (Å²) in [5, 5.41) is 12.5. The molecule has 4 atom stereocenters. The smallest absolute Gasteiger partial charge is 0.306 e. The number of benzene rings is 6. The van der Waals surface area contributed by atoms with E-state index in [4.69, 9.17) is 37.7 Å².